The second-order valence-corrected chi connectivity index (χ2v) is 15.6. The highest BCUT2D eigenvalue weighted by atomic mass is 16.7. The highest BCUT2D eigenvalue weighted by Gasteiger charge is 2.51. The summed E-state index contributed by atoms with van der Waals surface area (Å²) in [7, 11) is 5.56. The number of rotatable bonds is 7. The summed E-state index contributed by atoms with van der Waals surface area (Å²) in [6, 6.07) is 4.35. The Morgan fingerprint density at radius 1 is 1.12 bits per heavy atom. The lowest BCUT2D eigenvalue weighted by Gasteiger charge is -2.47. The smallest absolute Gasteiger partial charge is 0.312 e. The van der Waals surface area contributed by atoms with Crippen LogP contribution in [-0.4, -0.2) is 141 Å². The van der Waals surface area contributed by atoms with Crippen molar-refractivity contribution in [3.05, 3.63) is 30.1 Å². The van der Waals surface area contributed by atoms with Gasteiger partial charge in [-0.25, -0.2) is 0 Å². The molecule has 0 aliphatic carbocycles. The van der Waals surface area contributed by atoms with Gasteiger partial charge in [0.1, 0.15) is 30.0 Å². The summed E-state index contributed by atoms with van der Waals surface area (Å²) in [5, 5.41) is 46.8. The van der Waals surface area contributed by atoms with Gasteiger partial charge in [0.05, 0.1) is 35.8 Å². The molecule has 3 rings (SSSR count). The van der Waals surface area contributed by atoms with Crippen molar-refractivity contribution < 1.29 is 49.0 Å². The van der Waals surface area contributed by atoms with Crippen molar-refractivity contribution in [1.29, 1.82) is 0 Å². The molecule has 2 fully saturated rings. The molecule has 2 saturated heterocycles. The van der Waals surface area contributed by atoms with E-state index in [1.807, 2.05) is 44.8 Å². The molecule has 0 spiro atoms. The van der Waals surface area contributed by atoms with Gasteiger partial charge in [-0.2, -0.15) is 0 Å². The summed E-state index contributed by atoms with van der Waals surface area (Å²) in [4.78, 5) is 35.5. The SMILES string of the molecule is CC[C@H]1OC(=O)[C@H](C)[C@@H](OC(=O)Cc2ccccn2)[C@H](C)[C@@H](OC2O[C@H](C)C[C@H](N(C)C)[C@H]2O)[C@](C)(O)C[C@@H](C)CN(C)[C@H](C)[C@@H](O)[C@]1(C)O. The second kappa shape index (κ2) is 17.5. The van der Waals surface area contributed by atoms with Gasteiger partial charge in [-0.1, -0.05) is 26.8 Å². The van der Waals surface area contributed by atoms with Crippen LogP contribution < -0.4 is 0 Å². The first kappa shape index (κ1) is 42.2. The van der Waals surface area contributed by atoms with Crippen molar-refractivity contribution in [2.45, 2.75) is 147 Å². The molecular weight excluding hydrogens is 646 g/mol. The quantitative estimate of drug-likeness (QED) is 0.304. The van der Waals surface area contributed by atoms with Crippen LogP contribution in [-0.2, 0) is 35.0 Å². The first-order chi connectivity index (χ1) is 23.2. The number of ether oxygens (including phenoxy) is 4. The van der Waals surface area contributed by atoms with Gasteiger partial charge in [-0.3, -0.25) is 14.6 Å². The summed E-state index contributed by atoms with van der Waals surface area (Å²) < 4.78 is 24.8. The molecule has 13 heteroatoms. The van der Waals surface area contributed by atoms with Gasteiger partial charge in [0.15, 0.2) is 6.29 Å². The molecule has 2 aliphatic rings. The molecule has 0 radical (unpaired) electrons. The number of aliphatic hydroxyl groups excluding tert-OH is 2. The lowest BCUT2D eigenvalue weighted by Crippen LogP contribution is -2.59. The minimum atomic E-state index is -1.82. The maximum absolute atomic E-state index is 14.0. The van der Waals surface area contributed by atoms with E-state index >= 15 is 0 Å². The van der Waals surface area contributed by atoms with Gasteiger partial charge in [-0.05, 0) is 93.1 Å². The minimum absolute atomic E-state index is 0.161. The number of esters is 2. The average molecular weight is 710 g/mol. The number of carbonyl (C=O) groups is 2. The Morgan fingerprint density at radius 2 is 1.78 bits per heavy atom. The van der Waals surface area contributed by atoms with Crippen molar-refractivity contribution in [3.8, 4) is 0 Å². The summed E-state index contributed by atoms with van der Waals surface area (Å²) >= 11 is 0. The molecule has 0 saturated carbocycles. The Kier molecular flexibility index (Phi) is 14.8. The van der Waals surface area contributed by atoms with E-state index in [9.17, 15) is 30.0 Å². The van der Waals surface area contributed by atoms with E-state index in [2.05, 4.69) is 4.98 Å². The predicted molar refractivity (Wildman–Crippen MR) is 187 cm³/mol. The number of pyridine rings is 1. The third-order valence-corrected chi connectivity index (χ3v) is 10.7. The van der Waals surface area contributed by atoms with Crippen LogP contribution in [0.3, 0.4) is 0 Å². The van der Waals surface area contributed by atoms with E-state index in [1.54, 1.807) is 59.0 Å². The molecule has 0 bridgehead atoms. The Morgan fingerprint density at radius 3 is 2.36 bits per heavy atom. The number of aliphatic hydroxyl groups is 4. The van der Waals surface area contributed by atoms with E-state index in [-0.39, 0.29) is 37.3 Å². The van der Waals surface area contributed by atoms with Crippen LogP contribution in [0, 0.1) is 17.8 Å². The molecule has 2 aliphatic heterocycles. The molecule has 3 heterocycles. The maximum atomic E-state index is 14.0. The highest BCUT2D eigenvalue weighted by molar-refractivity contribution is 5.75. The second-order valence-electron chi connectivity index (χ2n) is 15.6. The summed E-state index contributed by atoms with van der Waals surface area (Å²) in [6.45, 7) is 14.2. The Labute approximate surface area is 298 Å². The summed E-state index contributed by atoms with van der Waals surface area (Å²) in [5.41, 5.74) is -2.93. The lowest BCUT2D eigenvalue weighted by molar-refractivity contribution is -0.299. The Bertz CT molecular complexity index is 1230. The van der Waals surface area contributed by atoms with E-state index in [0.717, 1.165) is 0 Å². The highest BCUT2D eigenvalue weighted by Crippen LogP contribution is 2.37. The molecule has 13 nitrogen and oxygen atoms in total. The zero-order chi connectivity index (χ0) is 37.7. The van der Waals surface area contributed by atoms with Gasteiger partial charge in [0, 0.05) is 30.7 Å². The zero-order valence-electron chi connectivity index (χ0n) is 31.9. The number of hydrogen-bond acceptors (Lipinski definition) is 13. The number of hydrogen-bond donors (Lipinski definition) is 4. The topological polar surface area (TPSA) is 171 Å². The molecule has 0 aromatic carbocycles. The fourth-order valence-corrected chi connectivity index (χ4v) is 7.78. The van der Waals surface area contributed by atoms with Crippen molar-refractivity contribution in [2.75, 3.05) is 27.7 Å². The molecular formula is C37H63N3O10. The zero-order valence-corrected chi connectivity index (χ0v) is 31.9. The molecule has 14 atom stereocenters. The summed E-state index contributed by atoms with van der Waals surface area (Å²) in [5.74, 6) is -3.51. The number of cyclic esters (lactones) is 1. The van der Waals surface area contributed by atoms with E-state index < -0.39 is 77.8 Å². The van der Waals surface area contributed by atoms with Gasteiger partial charge >= 0.3 is 11.9 Å². The molecule has 50 heavy (non-hydrogen) atoms. The minimum Gasteiger partial charge on any atom is -0.461 e. The van der Waals surface area contributed by atoms with Crippen LogP contribution in [0.15, 0.2) is 24.4 Å². The third kappa shape index (κ3) is 10.2. The van der Waals surface area contributed by atoms with E-state index in [0.29, 0.717) is 18.7 Å². The number of likely N-dealkylation sites (N-methyl/N-ethyl adjacent to an activating group) is 2. The van der Waals surface area contributed by atoms with Crippen molar-refractivity contribution >= 4 is 11.9 Å². The van der Waals surface area contributed by atoms with Gasteiger partial charge < -0.3 is 49.2 Å². The fraction of sp³-hybridized carbons (Fsp3) is 0.811. The number of nitrogens with zero attached hydrogens (tertiary/aromatic N) is 3. The fourth-order valence-electron chi connectivity index (χ4n) is 7.78. The largest absolute Gasteiger partial charge is 0.461 e. The molecule has 286 valence electrons. The Balaban J connectivity index is 2.13. The van der Waals surface area contributed by atoms with Gasteiger partial charge in [-0.15, -0.1) is 0 Å². The van der Waals surface area contributed by atoms with Crippen LogP contribution in [0.5, 0.6) is 0 Å². The van der Waals surface area contributed by atoms with Crippen LogP contribution in [0.2, 0.25) is 0 Å². The van der Waals surface area contributed by atoms with Crippen molar-refractivity contribution in [2.24, 2.45) is 17.8 Å². The lowest BCUT2D eigenvalue weighted by atomic mass is 9.77. The molecule has 1 aromatic heterocycles. The van der Waals surface area contributed by atoms with Crippen molar-refractivity contribution in [1.82, 2.24) is 14.8 Å². The molecule has 1 aromatic rings. The van der Waals surface area contributed by atoms with E-state index in [4.69, 9.17) is 18.9 Å². The number of carbonyl (C=O) groups excluding carboxylic acids is 2. The van der Waals surface area contributed by atoms with Crippen LogP contribution in [0.25, 0.3) is 0 Å². The Hall–Kier alpha value is -2.23. The normalized spacial score (nSPS) is 41.6. The van der Waals surface area contributed by atoms with Gasteiger partial charge in [0.25, 0.3) is 0 Å². The monoisotopic (exact) mass is 709 g/mol. The van der Waals surface area contributed by atoms with Crippen LogP contribution in [0.4, 0.5) is 0 Å². The molecule has 0 amide bonds. The first-order valence-corrected chi connectivity index (χ1v) is 18.0. The average Bonchev–Trinajstić information content (AvgIpc) is 3.04. The van der Waals surface area contributed by atoms with E-state index in [1.165, 1.54) is 6.92 Å². The standard InChI is InChI=1S/C37H63N3O10/c1-12-28-37(8,46)32(43)25(6)40(11)20-21(2)19-36(7,45)33(50-35-30(42)27(39(9)10)17-22(3)47-35)23(4)31(24(5)34(44)48-28)49-29(41)18-26-15-13-14-16-38-26/h13-16,21-25,27-28,30-33,35,42-43,45-46H,12,17-20H2,1-11H3/t21-,22-,23+,24-,25-,27+,28-,30-,31+,32-,33-,35?,36-,37-/m1/s1. The molecule has 1 unspecified atom stereocenters. The van der Waals surface area contributed by atoms with Crippen LogP contribution in [0.1, 0.15) is 80.3 Å². The molecule has 4 N–H and O–H groups in total. The third-order valence-electron chi connectivity index (χ3n) is 10.7. The van der Waals surface area contributed by atoms with Gasteiger partial charge in [0.2, 0.25) is 0 Å². The van der Waals surface area contributed by atoms with Crippen LogP contribution >= 0.6 is 0 Å². The van der Waals surface area contributed by atoms with Crippen molar-refractivity contribution in [3.63, 3.8) is 0 Å². The predicted octanol–water partition coefficient (Wildman–Crippen LogP) is 2.16. The summed E-state index contributed by atoms with van der Waals surface area (Å²) in [6.07, 6.45) is -4.76. The first-order valence-electron chi connectivity index (χ1n) is 18.0. The maximum Gasteiger partial charge on any atom is 0.312 e. The number of aromatic nitrogens is 1.